The van der Waals surface area contributed by atoms with Crippen molar-refractivity contribution < 1.29 is 80.4 Å². The van der Waals surface area contributed by atoms with Gasteiger partial charge in [0.25, 0.3) is 0 Å². The summed E-state index contributed by atoms with van der Waals surface area (Å²) in [4.78, 5) is 10.1. The van der Waals surface area contributed by atoms with Crippen LogP contribution in [-0.4, -0.2) is 16.5 Å². The van der Waals surface area contributed by atoms with Crippen LogP contribution in [0.5, 0.6) is 11.5 Å². The Balaban J connectivity index is -0.0000000613. The fraction of sp³-hybridized carbons (Fsp3) is 0.227. The number of allylic oxidation sites excluding steroid dienone is 1. The molecule has 3 nitrogen and oxygen atoms in total. The molecule has 0 unspecified atom stereocenters. The minimum Gasteiger partial charge on any atom is -0.507 e. The van der Waals surface area contributed by atoms with Crippen molar-refractivity contribution in [3.8, 4) is 11.5 Å². The van der Waals surface area contributed by atoms with E-state index in [1.165, 1.54) is 6.07 Å². The second-order valence-electron chi connectivity index (χ2n) is 3.74. The Kier molecular flexibility index (Phi) is 46.3. The summed E-state index contributed by atoms with van der Waals surface area (Å²) in [5.41, 5.74) is 1.20. The first-order chi connectivity index (χ1) is 11.2. The fourth-order valence-corrected chi connectivity index (χ4v) is 1.40. The summed E-state index contributed by atoms with van der Waals surface area (Å²) in [6, 6.07) is 13.7. The number of hydrogen-bond acceptors (Lipinski definition) is 3. The van der Waals surface area contributed by atoms with Crippen LogP contribution in [0.4, 0.5) is 0 Å². The third-order valence-electron chi connectivity index (χ3n) is 2.35. The largest absolute Gasteiger partial charge is 0.507 e. The van der Waals surface area contributed by atoms with Crippen molar-refractivity contribution >= 4 is 12.4 Å². The molecule has 0 aliphatic heterocycles. The molecule has 2 aromatic carbocycles. The van der Waals surface area contributed by atoms with E-state index in [9.17, 15) is 9.90 Å². The number of hydrogen-bond donors (Lipinski definition) is 2. The van der Waals surface area contributed by atoms with Crippen molar-refractivity contribution in [3.05, 3.63) is 80.6 Å². The van der Waals surface area contributed by atoms with E-state index in [4.69, 9.17) is 5.11 Å². The first-order valence-corrected chi connectivity index (χ1v) is 7.83. The molecule has 5 heteroatoms. The maximum absolute atomic E-state index is 10.1. The van der Waals surface area contributed by atoms with Gasteiger partial charge in [0.15, 0.2) is 6.29 Å². The van der Waals surface area contributed by atoms with Gasteiger partial charge >= 0.3 is 0 Å². The van der Waals surface area contributed by atoms with Gasteiger partial charge in [-0.3, -0.25) is 4.79 Å². The number of benzene rings is 2. The number of phenolic OH excluding ortho intramolecular Hbond substituents is 2. The van der Waals surface area contributed by atoms with Crippen LogP contribution >= 0.6 is 0 Å². The van der Waals surface area contributed by atoms with Gasteiger partial charge in [0.1, 0.15) is 11.5 Å². The van der Waals surface area contributed by atoms with E-state index in [1.54, 1.807) is 24.3 Å². The summed E-state index contributed by atoms with van der Waals surface area (Å²) in [7, 11) is 0. The number of aldehydes is 1. The van der Waals surface area contributed by atoms with Gasteiger partial charge in [-0.25, -0.2) is 0 Å². The van der Waals surface area contributed by atoms with Crippen LogP contribution in [0.25, 0.3) is 6.08 Å². The summed E-state index contributed by atoms with van der Waals surface area (Å²) < 4.78 is 0. The van der Waals surface area contributed by atoms with Crippen LogP contribution in [0.1, 0.15) is 50.5 Å². The molecule has 0 aliphatic carbocycles. The molecule has 0 aromatic heterocycles. The third-order valence-corrected chi connectivity index (χ3v) is 2.35. The van der Waals surface area contributed by atoms with Gasteiger partial charge in [0.05, 0.1) is 5.56 Å². The van der Waals surface area contributed by atoms with Crippen LogP contribution in [-0.2, 0) is 65.4 Å². The molecule has 0 saturated carbocycles. The SMILES string of the molecule is C/C=C/c1ccccc1O.CC.CC.O=Cc1ccccc1O.[CH3-].[CH3-].[Y].[Y]. The van der Waals surface area contributed by atoms with Gasteiger partial charge in [-0.1, -0.05) is 70.2 Å². The Labute approximate surface area is 217 Å². The predicted octanol–water partition coefficient (Wildman–Crippen LogP) is 6.58. The Morgan fingerprint density at radius 2 is 1.04 bits per heavy atom. The molecular weight excluding hydrogens is 490 g/mol. The van der Waals surface area contributed by atoms with Crippen LogP contribution in [0.15, 0.2) is 54.6 Å². The van der Waals surface area contributed by atoms with Crippen LogP contribution < -0.4 is 0 Å². The molecule has 0 aliphatic rings. The van der Waals surface area contributed by atoms with Crippen LogP contribution in [0, 0.1) is 14.9 Å². The van der Waals surface area contributed by atoms with E-state index in [1.807, 2.05) is 65.0 Å². The molecule has 2 N–H and O–H groups in total. The number of carbonyl (C=O) groups excluding carboxylic acids is 1. The van der Waals surface area contributed by atoms with E-state index in [0.717, 1.165) is 5.56 Å². The Hall–Kier alpha value is -0.342. The molecule has 2 aromatic rings. The van der Waals surface area contributed by atoms with Crippen molar-refractivity contribution in [1.29, 1.82) is 0 Å². The van der Waals surface area contributed by atoms with Gasteiger partial charge in [0.2, 0.25) is 0 Å². The van der Waals surface area contributed by atoms with E-state index < -0.39 is 0 Å². The maximum Gasteiger partial charge on any atom is 0.153 e. The number of para-hydroxylation sites is 2. The summed E-state index contributed by atoms with van der Waals surface area (Å²) in [5, 5.41) is 18.1. The second kappa shape index (κ2) is 30.4. The van der Waals surface area contributed by atoms with Gasteiger partial charge in [-0.2, -0.15) is 0 Å². The van der Waals surface area contributed by atoms with Crippen LogP contribution in [0.3, 0.4) is 0 Å². The van der Waals surface area contributed by atoms with Crippen molar-refractivity contribution in [1.82, 2.24) is 0 Å². The van der Waals surface area contributed by atoms with Gasteiger partial charge in [0, 0.05) is 71.0 Å². The minimum absolute atomic E-state index is 0. The second-order valence-corrected chi connectivity index (χ2v) is 3.74. The van der Waals surface area contributed by atoms with Crippen molar-refractivity contribution in [2.75, 3.05) is 0 Å². The minimum atomic E-state index is 0. The Morgan fingerprint density at radius 3 is 1.30 bits per heavy atom. The average Bonchev–Trinajstić information content (AvgIpc) is 2.62. The fourth-order valence-electron chi connectivity index (χ4n) is 1.40. The van der Waals surface area contributed by atoms with E-state index in [0.29, 0.717) is 17.6 Å². The zero-order chi connectivity index (χ0) is 18.1. The quantitative estimate of drug-likeness (QED) is 0.345. The molecule has 2 radical (unpaired) electrons. The molecule has 148 valence electrons. The standard InChI is InChI=1S/C9H10O.C7H6O2.2C2H6.2CH3.2Y/c1-2-5-8-6-3-4-7-9(8)10;8-5-6-3-1-2-4-7(6)9;2*1-2;;;;/h2-7,10H,1H3;1-5,9H;2*1-2H3;2*1H3;;/q;;;;2*-1;;/b5-2+;;;;;;;. The molecule has 0 heterocycles. The molecule has 0 amide bonds. The van der Waals surface area contributed by atoms with E-state index in [2.05, 4.69) is 0 Å². The molecule has 0 atom stereocenters. The topological polar surface area (TPSA) is 57.5 Å². The summed E-state index contributed by atoms with van der Waals surface area (Å²) in [6.07, 6.45) is 4.39. The number of rotatable bonds is 2. The molecule has 0 spiro atoms. The third kappa shape index (κ3) is 20.2. The first kappa shape index (κ1) is 41.1. The van der Waals surface area contributed by atoms with Crippen molar-refractivity contribution in [3.63, 3.8) is 0 Å². The maximum atomic E-state index is 10.1. The van der Waals surface area contributed by atoms with Gasteiger partial charge in [-0.05, 0) is 25.1 Å². The molecule has 0 fully saturated rings. The molecule has 27 heavy (non-hydrogen) atoms. The van der Waals surface area contributed by atoms with Crippen LogP contribution in [0.2, 0.25) is 0 Å². The summed E-state index contributed by atoms with van der Waals surface area (Å²) in [5.74, 6) is 0.369. The van der Waals surface area contributed by atoms with E-state index in [-0.39, 0.29) is 86.0 Å². The Morgan fingerprint density at radius 1 is 0.704 bits per heavy atom. The molecule has 0 saturated heterocycles. The monoisotopic (exact) mass is 524 g/mol. The average molecular weight is 524 g/mol. The summed E-state index contributed by atoms with van der Waals surface area (Å²) >= 11 is 0. The molecular formula is C22H34O3Y2-2. The predicted molar refractivity (Wildman–Crippen MR) is 112 cm³/mol. The zero-order valence-electron chi connectivity index (χ0n) is 17.8. The molecule has 2 rings (SSSR count). The van der Waals surface area contributed by atoms with Gasteiger partial charge in [-0.15, -0.1) is 0 Å². The van der Waals surface area contributed by atoms with Crippen molar-refractivity contribution in [2.24, 2.45) is 0 Å². The Bertz CT molecular complexity index is 571. The number of phenols is 2. The van der Waals surface area contributed by atoms with Gasteiger partial charge < -0.3 is 25.1 Å². The first-order valence-electron chi connectivity index (χ1n) is 7.83. The number of carbonyl (C=O) groups is 1. The number of aromatic hydroxyl groups is 2. The normalized spacial score (nSPS) is 7.30. The molecule has 0 bridgehead atoms. The summed E-state index contributed by atoms with van der Waals surface area (Å²) in [6.45, 7) is 9.92. The van der Waals surface area contributed by atoms with E-state index >= 15 is 0 Å². The van der Waals surface area contributed by atoms with Crippen molar-refractivity contribution in [2.45, 2.75) is 34.6 Å². The zero-order valence-corrected chi connectivity index (χ0v) is 23.5. The smallest absolute Gasteiger partial charge is 0.153 e.